The van der Waals surface area contributed by atoms with Crippen LogP contribution in [0.2, 0.25) is 0 Å². The van der Waals surface area contributed by atoms with Crippen LogP contribution < -0.4 is 0 Å². The number of carbonyl (C=O) groups excluding carboxylic acids is 2. The third kappa shape index (κ3) is 24.4. The molecule has 0 aliphatic carbocycles. The number of hydrogen-bond donors (Lipinski definition) is 0. The highest BCUT2D eigenvalue weighted by Gasteiger charge is 2.35. The molecule has 0 saturated carbocycles. The highest BCUT2D eigenvalue weighted by atomic mass is 19.1. The molecule has 2 unspecified atom stereocenters. The molecule has 5 aliphatic heterocycles. The lowest BCUT2D eigenvalue weighted by atomic mass is 9.75. The van der Waals surface area contributed by atoms with Gasteiger partial charge in [-0.2, -0.15) is 0 Å². The fourth-order valence-corrected chi connectivity index (χ4v) is 9.15. The molecule has 0 N–H and O–H groups in total. The van der Waals surface area contributed by atoms with E-state index in [2.05, 4.69) is 137 Å². The highest BCUT2D eigenvalue weighted by Crippen LogP contribution is 2.36. The molecule has 386 valence electrons. The van der Waals surface area contributed by atoms with Gasteiger partial charge in [-0.3, -0.25) is 0 Å². The molecule has 5 aliphatic rings. The number of piperidine rings is 3. The van der Waals surface area contributed by atoms with Crippen molar-refractivity contribution in [2.75, 3.05) is 119 Å². The molecule has 0 aromatic carbocycles. The Labute approximate surface area is 400 Å². The van der Waals surface area contributed by atoms with Gasteiger partial charge in [-0.1, -0.05) is 111 Å². The van der Waals surface area contributed by atoms with E-state index >= 15 is 0 Å². The van der Waals surface area contributed by atoms with Crippen molar-refractivity contribution in [3.63, 3.8) is 0 Å². The quantitative estimate of drug-likeness (QED) is 0.274. The van der Waals surface area contributed by atoms with E-state index < -0.39 is 0 Å². The SMILES string of the molecule is CC(C)(C)C1CCN(CCF)CC1.CCN1CCC(C(C)(C)C)CC1.CCOC(=O)N1CCOC(C(C)(C)C)C1.CN1CCC(C(C)(C)C)CC1.COC(=O)N1CCOC(C(C)(C)C)C1. The molecule has 0 radical (unpaired) electrons. The van der Waals surface area contributed by atoms with Gasteiger partial charge in [0.1, 0.15) is 6.67 Å². The fourth-order valence-electron chi connectivity index (χ4n) is 9.15. The zero-order chi connectivity index (χ0) is 49.8. The number of methoxy groups -OCH3 is 1. The van der Waals surface area contributed by atoms with E-state index in [0.717, 1.165) is 30.8 Å². The van der Waals surface area contributed by atoms with E-state index in [0.29, 0.717) is 68.8 Å². The minimum atomic E-state index is -0.262. The zero-order valence-electron chi connectivity index (χ0n) is 46.0. The van der Waals surface area contributed by atoms with Crippen molar-refractivity contribution in [3.05, 3.63) is 0 Å². The van der Waals surface area contributed by atoms with Crippen LogP contribution in [0.25, 0.3) is 0 Å². The molecule has 11 nitrogen and oxygen atoms in total. The maximum Gasteiger partial charge on any atom is 0.409 e. The lowest BCUT2D eigenvalue weighted by Crippen LogP contribution is -2.50. The van der Waals surface area contributed by atoms with Gasteiger partial charge in [0.25, 0.3) is 0 Å². The van der Waals surface area contributed by atoms with Gasteiger partial charge in [-0.25, -0.2) is 14.0 Å². The van der Waals surface area contributed by atoms with Crippen molar-refractivity contribution in [2.45, 2.75) is 168 Å². The Morgan fingerprint density at radius 1 is 0.538 bits per heavy atom. The van der Waals surface area contributed by atoms with Gasteiger partial charge >= 0.3 is 12.2 Å². The third-order valence-corrected chi connectivity index (χ3v) is 14.4. The monoisotopic (exact) mass is 928 g/mol. The minimum absolute atomic E-state index is 0.0607. The van der Waals surface area contributed by atoms with Crippen LogP contribution in [0.5, 0.6) is 0 Å². The van der Waals surface area contributed by atoms with Gasteiger partial charge in [0.2, 0.25) is 0 Å². The zero-order valence-corrected chi connectivity index (χ0v) is 46.0. The molecular formula is C53H106FN5O6. The summed E-state index contributed by atoms with van der Waals surface area (Å²) in [7, 11) is 3.63. The Kier molecular flexibility index (Phi) is 27.0. The molecule has 2 amide bonds. The van der Waals surface area contributed by atoms with Crippen LogP contribution in [0.15, 0.2) is 0 Å². The van der Waals surface area contributed by atoms with Gasteiger partial charge in [0.05, 0.1) is 52.2 Å². The standard InChI is InChI=1S/C11H22FN.C11H21NO3.C11H23N.C10H19NO3.C10H21N/c1-11(2,3)10-4-7-13(8-5-10)9-6-12;1-5-14-10(13)12-6-7-15-9(8-12)11(2,3)4;1-5-12-8-6-10(7-9-12)11(2,3)4;1-10(2,3)8-7-11(5-6-14-8)9(12)13-4;1-10(2,3)9-5-7-11(4)8-6-9/h10H,4-9H2,1-3H3;9H,5-8H2,1-4H3;10H,5-9H2,1-4H3;8H,5-7H2,1-4H3;9H,5-8H2,1-4H3. The molecule has 5 rings (SSSR count). The van der Waals surface area contributed by atoms with Gasteiger partial charge in [0, 0.05) is 19.6 Å². The lowest BCUT2D eigenvalue weighted by Gasteiger charge is -2.38. The summed E-state index contributed by atoms with van der Waals surface area (Å²) >= 11 is 0. The number of alkyl halides is 1. The summed E-state index contributed by atoms with van der Waals surface area (Å²) in [5.41, 5.74) is 1.61. The van der Waals surface area contributed by atoms with Crippen molar-refractivity contribution >= 4 is 12.2 Å². The maximum absolute atomic E-state index is 12.1. The minimum Gasteiger partial charge on any atom is -0.453 e. The van der Waals surface area contributed by atoms with Gasteiger partial charge in [0.15, 0.2) is 0 Å². The highest BCUT2D eigenvalue weighted by molar-refractivity contribution is 5.68. The normalized spacial score (nSPS) is 23.0. The summed E-state index contributed by atoms with van der Waals surface area (Å²) in [4.78, 5) is 33.5. The van der Waals surface area contributed by atoms with E-state index in [4.69, 9.17) is 14.2 Å². The first-order chi connectivity index (χ1) is 30.0. The van der Waals surface area contributed by atoms with E-state index in [1.54, 1.807) is 9.80 Å². The first-order valence-electron chi connectivity index (χ1n) is 25.6. The van der Waals surface area contributed by atoms with Crippen molar-refractivity contribution in [1.82, 2.24) is 24.5 Å². The average Bonchev–Trinajstić information content (AvgIpc) is 3.23. The second-order valence-electron chi connectivity index (χ2n) is 24.7. The Morgan fingerprint density at radius 2 is 0.892 bits per heavy atom. The first kappa shape index (κ1) is 61.3. The number of nitrogens with zero attached hydrogens (tertiary/aromatic N) is 5. The average molecular weight is 928 g/mol. The van der Waals surface area contributed by atoms with Crippen molar-refractivity contribution in [2.24, 2.45) is 44.8 Å². The summed E-state index contributed by atoms with van der Waals surface area (Å²) in [6.45, 7) is 51.1. The van der Waals surface area contributed by atoms with Gasteiger partial charge in [-0.15, -0.1) is 0 Å². The largest absolute Gasteiger partial charge is 0.453 e. The van der Waals surface area contributed by atoms with Crippen LogP contribution >= 0.6 is 0 Å². The van der Waals surface area contributed by atoms with E-state index in [9.17, 15) is 14.0 Å². The summed E-state index contributed by atoms with van der Waals surface area (Å²) < 4.78 is 33.0. The molecule has 5 fully saturated rings. The second-order valence-corrected chi connectivity index (χ2v) is 24.7. The first-order valence-corrected chi connectivity index (χ1v) is 25.6. The van der Waals surface area contributed by atoms with Crippen LogP contribution in [0.1, 0.15) is 156 Å². The molecule has 0 bridgehead atoms. The van der Waals surface area contributed by atoms with Crippen molar-refractivity contribution in [3.8, 4) is 0 Å². The molecule has 65 heavy (non-hydrogen) atoms. The van der Waals surface area contributed by atoms with Crippen LogP contribution in [-0.2, 0) is 18.9 Å². The predicted octanol–water partition coefficient (Wildman–Crippen LogP) is 11.2. The topological polar surface area (TPSA) is 87.3 Å². The van der Waals surface area contributed by atoms with Crippen LogP contribution in [-0.4, -0.2) is 168 Å². The van der Waals surface area contributed by atoms with E-state index in [1.807, 2.05) is 6.92 Å². The summed E-state index contributed by atoms with van der Waals surface area (Å²) in [6, 6.07) is 0. The molecule has 2 atom stereocenters. The summed E-state index contributed by atoms with van der Waals surface area (Å²) in [5.74, 6) is 2.71. The Morgan fingerprint density at radius 3 is 1.20 bits per heavy atom. The number of rotatable bonds is 4. The number of carbonyl (C=O) groups is 2. The second kappa shape index (κ2) is 28.7. The number of halogens is 1. The van der Waals surface area contributed by atoms with Crippen LogP contribution in [0, 0.1) is 44.8 Å². The summed E-state index contributed by atoms with van der Waals surface area (Å²) in [6.07, 6.45) is 7.76. The molecule has 12 heteroatoms. The molecule has 5 saturated heterocycles. The molecule has 0 spiro atoms. The van der Waals surface area contributed by atoms with Crippen LogP contribution in [0.3, 0.4) is 0 Å². The predicted molar refractivity (Wildman–Crippen MR) is 270 cm³/mol. The number of likely N-dealkylation sites (tertiary alicyclic amines) is 3. The number of amides is 2. The fraction of sp³-hybridized carbons (Fsp3) is 0.962. The lowest BCUT2D eigenvalue weighted by molar-refractivity contribution is -0.0747. The molecule has 5 heterocycles. The maximum atomic E-state index is 12.1. The smallest absolute Gasteiger partial charge is 0.409 e. The molecule has 0 aromatic rings. The van der Waals surface area contributed by atoms with Crippen molar-refractivity contribution in [1.29, 1.82) is 0 Å². The molecule has 0 aromatic heterocycles. The van der Waals surface area contributed by atoms with E-state index in [-0.39, 0.29) is 41.9 Å². The molecular weight excluding hydrogens is 822 g/mol. The van der Waals surface area contributed by atoms with Gasteiger partial charge in [-0.05, 0) is 143 Å². The Hall–Kier alpha value is -1.73. The van der Waals surface area contributed by atoms with Crippen LogP contribution in [0.4, 0.5) is 14.0 Å². The number of morpholine rings is 2. The summed E-state index contributed by atoms with van der Waals surface area (Å²) in [5, 5.41) is 0. The van der Waals surface area contributed by atoms with Gasteiger partial charge < -0.3 is 43.4 Å². The van der Waals surface area contributed by atoms with Crippen molar-refractivity contribution < 1.29 is 32.9 Å². The Balaban J connectivity index is 0.000000408. The third-order valence-electron chi connectivity index (χ3n) is 14.4. The number of hydrogen-bond acceptors (Lipinski definition) is 9. The van der Waals surface area contributed by atoms with E-state index in [1.165, 1.54) is 78.4 Å². The number of ether oxygens (including phenoxy) is 4. The Bertz CT molecular complexity index is 1280.